The van der Waals surface area contributed by atoms with Gasteiger partial charge in [-0.1, -0.05) is 5.16 Å². The van der Waals surface area contributed by atoms with Crippen LogP contribution in [0.2, 0.25) is 0 Å². The van der Waals surface area contributed by atoms with Crippen molar-refractivity contribution in [2.24, 2.45) is 17.0 Å². The maximum atomic E-state index is 13.4. The van der Waals surface area contributed by atoms with Gasteiger partial charge in [0.15, 0.2) is 10.8 Å². The summed E-state index contributed by atoms with van der Waals surface area (Å²) in [5, 5.41) is 27.2. The second kappa shape index (κ2) is 13.1. The summed E-state index contributed by atoms with van der Waals surface area (Å²) in [6.07, 6.45) is 0.655. The highest BCUT2D eigenvalue weighted by molar-refractivity contribution is 7.84. The van der Waals surface area contributed by atoms with E-state index in [1.165, 1.54) is 40.7 Å². The smallest absolute Gasteiger partial charge is 0.362 e. The van der Waals surface area contributed by atoms with Gasteiger partial charge in [0.2, 0.25) is 0 Å². The van der Waals surface area contributed by atoms with Crippen molar-refractivity contribution in [1.29, 1.82) is 0 Å². The van der Waals surface area contributed by atoms with Gasteiger partial charge in [-0.3, -0.25) is 23.6 Å². The largest absolute Gasteiger partial charge is 0.489 e. The number of nitrogen functional groups attached to an aromatic ring is 1. The fraction of sp³-hybridized carbons (Fsp3) is 0.385. The molecule has 0 radical (unpaired) electrons. The first-order valence-electron chi connectivity index (χ1n) is 14.3. The van der Waals surface area contributed by atoms with Gasteiger partial charge >= 0.3 is 16.3 Å². The Bertz CT molecular complexity index is 1840. The Morgan fingerprint density at radius 2 is 1.92 bits per heavy atom. The van der Waals surface area contributed by atoms with E-state index in [-0.39, 0.29) is 39.4 Å². The number of carbonyl (C=O) groups is 4. The van der Waals surface area contributed by atoms with Gasteiger partial charge in [-0.05, 0) is 36.1 Å². The summed E-state index contributed by atoms with van der Waals surface area (Å²) in [6.45, 7) is 0.919. The van der Waals surface area contributed by atoms with Crippen LogP contribution in [0.25, 0.3) is 0 Å². The van der Waals surface area contributed by atoms with Gasteiger partial charge in [-0.2, -0.15) is 13.5 Å². The number of β-lactam (4-membered cyclic amide) rings is 1. The van der Waals surface area contributed by atoms with Crippen molar-refractivity contribution in [3.63, 3.8) is 0 Å². The van der Waals surface area contributed by atoms with Crippen molar-refractivity contribution in [3.8, 4) is 5.75 Å². The molecule has 6 atom stereocenters. The van der Waals surface area contributed by atoms with Crippen molar-refractivity contribution in [2.75, 3.05) is 25.4 Å². The second-order valence-electron chi connectivity index (χ2n) is 11.0. The standard InChI is InChI=1S/C26H28N10O10S2/c27-26-31-16(9-47-26)20(23(38)33-21-17(7-35-11-29-10-30-35)36(24(21)39)48(42,43)44)34-46-18(25(40)41)8-45-13-3-1-12(2-4-13)22(37)32-19-14-5-28-6-15(14)19/h1-4,9-11,14-15,17-19,21,28H,5-8H2,(H2,27,31)(H,32,37)(H,33,38)(H,40,41)(H,42,43,44)/b34-20-/t14-,15+,17-,18+,19?,21+/m1/s1. The highest BCUT2D eigenvalue weighted by Crippen LogP contribution is 2.41. The predicted octanol–water partition coefficient (Wildman–Crippen LogP) is -2.28. The monoisotopic (exact) mass is 704 g/mol. The number of rotatable bonds is 14. The molecule has 1 aromatic carbocycles. The Labute approximate surface area is 275 Å². The average Bonchev–Trinajstić information content (AvgIpc) is 3.57. The van der Waals surface area contributed by atoms with Crippen LogP contribution in [0.4, 0.5) is 5.13 Å². The summed E-state index contributed by atoms with van der Waals surface area (Å²) in [6, 6.07) is 3.42. The van der Waals surface area contributed by atoms with Crippen molar-refractivity contribution >= 4 is 56.2 Å². The lowest BCUT2D eigenvalue weighted by molar-refractivity contribution is -0.152. The summed E-state index contributed by atoms with van der Waals surface area (Å²) in [4.78, 5) is 63.4. The summed E-state index contributed by atoms with van der Waals surface area (Å²) in [7, 11) is -4.99. The first-order chi connectivity index (χ1) is 22.9. The van der Waals surface area contributed by atoms with Gasteiger partial charge < -0.3 is 36.4 Å². The third-order valence-electron chi connectivity index (χ3n) is 7.98. The molecule has 2 aromatic heterocycles. The van der Waals surface area contributed by atoms with Gasteiger partial charge in [-0.15, -0.1) is 11.3 Å². The first-order valence-corrected chi connectivity index (χ1v) is 16.5. The topological polar surface area (TPSA) is 283 Å². The Balaban J connectivity index is 1.11. The Kier molecular flexibility index (Phi) is 8.96. The molecule has 4 heterocycles. The number of hydrogen-bond donors (Lipinski definition) is 6. The van der Waals surface area contributed by atoms with E-state index in [4.69, 9.17) is 15.3 Å². The summed E-state index contributed by atoms with van der Waals surface area (Å²) < 4.78 is 40.1. The molecule has 6 rings (SSSR count). The zero-order valence-electron chi connectivity index (χ0n) is 24.6. The highest BCUT2D eigenvalue weighted by Gasteiger charge is 2.55. The average molecular weight is 705 g/mol. The van der Waals surface area contributed by atoms with Crippen LogP contribution in [-0.2, 0) is 36.1 Å². The molecule has 48 heavy (non-hydrogen) atoms. The lowest BCUT2D eigenvalue weighted by Crippen LogP contribution is -2.73. The van der Waals surface area contributed by atoms with E-state index >= 15 is 0 Å². The van der Waals surface area contributed by atoms with E-state index in [1.54, 1.807) is 0 Å². The lowest BCUT2D eigenvalue weighted by atomic mass is 9.98. The Hall–Kier alpha value is -5.19. The maximum Gasteiger partial charge on any atom is 0.362 e. The molecule has 3 aliphatic rings. The number of thiazole rings is 1. The fourth-order valence-corrected chi connectivity index (χ4v) is 6.89. The molecule has 2 saturated heterocycles. The number of carboxylic acids is 1. The molecule has 1 unspecified atom stereocenters. The van der Waals surface area contributed by atoms with E-state index in [2.05, 4.69) is 36.2 Å². The normalized spacial score (nSPS) is 23.9. The molecule has 254 valence electrons. The number of anilines is 1. The van der Waals surface area contributed by atoms with Crippen LogP contribution in [0.3, 0.4) is 0 Å². The molecule has 3 fully saturated rings. The Morgan fingerprint density at radius 1 is 1.19 bits per heavy atom. The molecule has 3 aromatic rings. The maximum absolute atomic E-state index is 13.4. The molecular formula is C26H28N10O10S2. The first kappa shape index (κ1) is 32.7. The molecule has 2 aliphatic heterocycles. The molecule has 0 bridgehead atoms. The number of piperidine rings is 1. The number of nitrogens with one attached hydrogen (secondary N) is 3. The van der Waals surface area contributed by atoms with Crippen LogP contribution in [0.15, 0.2) is 47.5 Å². The molecule has 22 heteroatoms. The van der Waals surface area contributed by atoms with Gasteiger partial charge in [0.05, 0.1) is 12.6 Å². The molecular weight excluding hydrogens is 676 g/mol. The summed E-state index contributed by atoms with van der Waals surface area (Å²) >= 11 is 0.930. The van der Waals surface area contributed by atoms with Crippen molar-refractivity contribution < 1.29 is 46.8 Å². The van der Waals surface area contributed by atoms with Crippen LogP contribution in [-0.4, -0.2) is 115 Å². The van der Waals surface area contributed by atoms with Crippen LogP contribution >= 0.6 is 11.3 Å². The van der Waals surface area contributed by atoms with E-state index in [9.17, 15) is 37.3 Å². The van der Waals surface area contributed by atoms with Crippen LogP contribution in [0, 0.1) is 11.8 Å². The highest BCUT2D eigenvalue weighted by atomic mass is 32.2. The van der Waals surface area contributed by atoms with Crippen LogP contribution in [0.1, 0.15) is 16.1 Å². The van der Waals surface area contributed by atoms with E-state index in [0.717, 1.165) is 30.8 Å². The quantitative estimate of drug-likeness (QED) is 0.0446. The molecule has 1 saturated carbocycles. The molecule has 0 spiro atoms. The van der Waals surface area contributed by atoms with Gasteiger partial charge in [0, 0.05) is 30.1 Å². The van der Waals surface area contributed by atoms with Gasteiger partial charge in [0.1, 0.15) is 36.7 Å². The molecule has 7 N–H and O–H groups in total. The van der Waals surface area contributed by atoms with Crippen LogP contribution < -0.4 is 26.4 Å². The number of nitrogens with two attached hydrogens (primary N) is 1. The minimum atomic E-state index is -4.99. The number of aromatic nitrogens is 4. The third-order valence-corrected chi connectivity index (χ3v) is 9.60. The minimum absolute atomic E-state index is 0.0269. The third kappa shape index (κ3) is 6.90. The van der Waals surface area contributed by atoms with Crippen LogP contribution in [0.5, 0.6) is 5.75 Å². The van der Waals surface area contributed by atoms with Gasteiger partial charge in [-0.25, -0.2) is 19.1 Å². The van der Waals surface area contributed by atoms with Crippen molar-refractivity contribution in [2.45, 2.75) is 30.8 Å². The predicted molar refractivity (Wildman–Crippen MR) is 163 cm³/mol. The number of aliphatic carboxylic acids is 1. The lowest BCUT2D eigenvalue weighted by Gasteiger charge is -2.43. The fourth-order valence-electron chi connectivity index (χ4n) is 5.47. The number of amides is 3. The minimum Gasteiger partial charge on any atom is -0.489 e. The van der Waals surface area contributed by atoms with E-state index in [1.807, 2.05) is 0 Å². The van der Waals surface area contributed by atoms with Crippen molar-refractivity contribution in [1.82, 2.24) is 40.0 Å². The number of oxime groups is 1. The molecule has 20 nitrogen and oxygen atoms in total. The van der Waals surface area contributed by atoms with Crippen molar-refractivity contribution in [3.05, 3.63) is 53.6 Å². The zero-order valence-corrected chi connectivity index (χ0v) is 26.2. The number of carboxylic acid groups (broad SMARTS) is 1. The number of ether oxygens (including phenoxy) is 1. The summed E-state index contributed by atoms with van der Waals surface area (Å²) in [5.41, 5.74) is 5.39. The summed E-state index contributed by atoms with van der Waals surface area (Å²) in [5.74, 6) is -2.84. The number of hydrogen-bond acceptors (Lipinski definition) is 15. The number of benzene rings is 1. The van der Waals surface area contributed by atoms with E-state index in [0.29, 0.717) is 17.4 Å². The zero-order chi connectivity index (χ0) is 34.2. The SMILES string of the molecule is Nc1nc(/C(=N/O[C@@H](COc2ccc(C(=O)NC3[C@H]4CNC[C@@H]34)cc2)C(=O)O)C(=O)N[C@@H]2C(=O)N(S(=O)(=O)O)[C@@H]2Cn2cncn2)cs1. The molecule has 3 amide bonds. The Morgan fingerprint density at radius 3 is 2.52 bits per heavy atom. The second-order valence-corrected chi connectivity index (χ2v) is 13.2. The van der Waals surface area contributed by atoms with E-state index < -0.39 is 58.6 Å². The number of fused-ring (bicyclic) bond motifs is 1. The van der Waals surface area contributed by atoms with Gasteiger partial charge in [0.25, 0.3) is 23.8 Å². The molecule has 1 aliphatic carbocycles. The number of carbonyl (C=O) groups excluding carboxylic acids is 3. The number of nitrogens with zero attached hydrogens (tertiary/aromatic N) is 6.